The summed E-state index contributed by atoms with van der Waals surface area (Å²) in [6, 6.07) is 12.4. The van der Waals surface area contributed by atoms with Crippen LogP contribution >= 0.6 is 23.4 Å². The van der Waals surface area contributed by atoms with Crippen LogP contribution in [0.1, 0.15) is 25.0 Å². The second kappa shape index (κ2) is 11.0. The van der Waals surface area contributed by atoms with E-state index in [0.717, 1.165) is 31.5 Å². The molecule has 0 saturated heterocycles. The molecule has 0 aliphatic rings. The Bertz CT molecular complexity index is 745. The number of halogens is 1. The van der Waals surface area contributed by atoms with E-state index < -0.39 is 5.60 Å². The summed E-state index contributed by atoms with van der Waals surface area (Å²) in [6.07, 6.45) is 1.79. The van der Waals surface area contributed by atoms with Crippen molar-refractivity contribution in [1.82, 2.24) is 5.32 Å². The van der Waals surface area contributed by atoms with Crippen LogP contribution in [0.25, 0.3) is 0 Å². The molecule has 0 aromatic heterocycles. The minimum Gasteiger partial charge on any atom is -0.493 e. The lowest BCUT2D eigenvalue weighted by atomic mass is 10.1. The van der Waals surface area contributed by atoms with Crippen molar-refractivity contribution in [2.24, 2.45) is 0 Å². The van der Waals surface area contributed by atoms with Crippen molar-refractivity contribution in [3.8, 4) is 11.5 Å². The molecule has 0 amide bonds. The molecule has 0 fully saturated rings. The Morgan fingerprint density at radius 2 is 1.68 bits per heavy atom. The molecule has 28 heavy (non-hydrogen) atoms. The molecule has 0 unspecified atom stereocenters. The van der Waals surface area contributed by atoms with Crippen molar-refractivity contribution in [1.29, 1.82) is 0 Å². The Labute approximate surface area is 177 Å². The fourth-order valence-corrected chi connectivity index (χ4v) is 3.89. The van der Waals surface area contributed by atoms with Crippen molar-refractivity contribution in [3.63, 3.8) is 0 Å². The first-order valence-electron chi connectivity index (χ1n) is 9.38. The third-order valence-electron chi connectivity index (χ3n) is 4.24. The number of nitrogens with one attached hydrogen (secondary N) is 1. The van der Waals surface area contributed by atoms with E-state index in [2.05, 4.69) is 29.6 Å². The summed E-state index contributed by atoms with van der Waals surface area (Å²) in [5.41, 5.74) is 1.69. The summed E-state index contributed by atoms with van der Waals surface area (Å²) in [4.78, 5) is 1.18. The van der Waals surface area contributed by atoms with Gasteiger partial charge in [-0.15, -0.1) is 11.8 Å². The first kappa shape index (κ1) is 22.9. The van der Waals surface area contributed by atoms with Crippen LogP contribution in [0.3, 0.4) is 0 Å². The highest BCUT2D eigenvalue weighted by Gasteiger charge is 2.13. The van der Waals surface area contributed by atoms with Crippen LogP contribution < -0.4 is 14.8 Å². The number of ether oxygens (including phenoxy) is 2. The average Bonchev–Trinajstić information content (AvgIpc) is 2.67. The average molecular weight is 424 g/mol. The minimum atomic E-state index is -0.649. The van der Waals surface area contributed by atoms with Crippen molar-refractivity contribution >= 4 is 23.4 Å². The van der Waals surface area contributed by atoms with Crippen LogP contribution in [0.15, 0.2) is 41.3 Å². The van der Waals surface area contributed by atoms with Gasteiger partial charge in [0.05, 0.1) is 24.8 Å². The largest absolute Gasteiger partial charge is 0.493 e. The Morgan fingerprint density at radius 1 is 1.00 bits per heavy atom. The van der Waals surface area contributed by atoms with Gasteiger partial charge in [-0.3, -0.25) is 0 Å². The molecular formula is C22H30ClNO3S. The summed E-state index contributed by atoms with van der Waals surface area (Å²) in [5.74, 6) is 1.92. The predicted octanol–water partition coefficient (Wildman–Crippen LogP) is 4.60. The maximum absolute atomic E-state index is 9.80. The number of rotatable bonds is 11. The van der Waals surface area contributed by atoms with Gasteiger partial charge in [0.25, 0.3) is 0 Å². The highest BCUT2D eigenvalue weighted by Crippen LogP contribution is 2.37. The van der Waals surface area contributed by atoms with E-state index in [1.807, 2.05) is 26.0 Å². The third kappa shape index (κ3) is 7.21. The number of hydrogen-bond donors (Lipinski definition) is 2. The fraction of sp³-hybridized carbons (Fsp3) is 0.455. The van der Waals surface area contributed by atoms with E-state index in [-0.39, 0.29) is 0 Å². The maximum atomic E-state index is 9.80. The molecule has 2 N–H and O–H groups in total. The Hall–Kier alpha value is -1.40. The van der Waals surface area contributed by atoms with Gasteiger partial charge < -0.3 is 19.9 Å². The summed E-state index contributed by atoms with van der Waals surface area (Å²) in [6.45, 7) is 5.40. The van der Waals surface area contributed by atoms with E-state index in [9.17, 15) is 5.11 Å². The molecule has 0 spiro atoms. The number of hydrogen-bond acceptors (Lipinski definition) is 5. The van der Waals surface area contributed by atoms with Crippen LogP contribution in [0.2, 0.25) is 5.02 Å². The van der Waals surface area contributed by atoms with Crippen LogP contribution in [-0.4, -0.2) is 43.8 Å². The van der Waals surface area contributed by atoms with Crippen molar-refractivity contribution in [2.75, 3.05) is 33.1 Å². The second-order valence-electron chi connectivity index (χ2n) is 7.27. The van der Waals surface area contributed by atoms with Gasteiger partial charge in [-0.25, -0.2) is 0 Å². The molecule has 0 radical (unpaired) electrons. The van der Waals surface area contributed by atoms with Gasteiger partial charge in [0.15, 0.2) is 11.5 Å². The maximum Gasteiger partial charge on any atom is 0.179 e. The zero-order valence-electron chi connectivity index (χ0n) is 17.0. The molecule has 0 saturated carbocycles. The van der Waals surface area contributed by atoms with E-state index in [1.165, 1.54) is 10.5 Å². The molecule has 6 heteroatoms. The molecular weight excluding hydrogens is 394 g/mol. The Kier molecular flexibility index (Phi) is 8.96. The van der Waals surface area contributed by atoms with E-state index in [0.29, 0.717) is 22.3 Å². The molecule has 0 atom stereocenters. The van der Waals surface area contributed by atoms with E-state index >= 15 is 0 Å². The van der Waals surface area contributed by atoms with Gasteiger partial charge in [0.1, 0.15) is 0 Å². The number of aliphatic hydroxyl groups is 1. The Morgan fingerprint density at radius 3 is 2.29 bits per heavy atom. The predicted molar refractivity (Wildman–Crippen MR) is 118 cm³/mol. The SMILES string of the molecule is COc1ccc(CCNCCc2ccc(SCC(C)(C)O)cc2)c(Cl)c1OC. The van der Waals surface area contributed by atoms with Crippen LogP contribution in [-0.2, 0) is 12.8 Å². The lowest BCUT2D eigenvalue weighted by molar-refractivity contribution is 0.107. The smallest absolute Gasteiger partial charge is 0.179 e. The molecule has 2 aromatic carbocycles. The van der Waals surface area contributed by atoms with Crippen molar-refractivity contribution in [3.05, 3.63) is 52.5 Å². The van der Waals surface area contributed by atoms with Gasteiger partial charge in [-0.1, -0.05) is 29.8 Å². The molecule has 2 rings (SSSR count). The van der Waals surface area contributed by atoms with Gasteiger partial charge in [0.2, 0.25) is 0 Å². The number of benzene rings is 2. The molecule has 0 aliphatic heterocycles. The summed E-state index contributed by atoms with van der Waals surface area (Å²) >= 11 is 8.09. The van der Waals surface area contributed by atoms with Crippen molar-refractivity contribution < 1.29 is 14.6 Å². The molecule has 154 valence electrons. The lowest BCUT2D eigenvalue weighted by Gasteiger charge is -2.16. The van der Waals surface area contributed by atoms with Crippen LogP contribution in [0.4, 0.5) is 0 Å². The normalized spacial score (nSPS) is 11.5. The van der Waals surface area contributed by atoms with Gasteiger partial charge in [0, 0.05) is 10.6 Å². The zero-order chi connectivity index (χ0) is 20.6. The van der Waals surface area contributed by atoms with Crippen LogP contribution in [0.5, 0.6) is 11.5 Å². The lowest BCUT2D eigenvalue weighted by Crippen LogP contribution is -2.21. The number of thioether (sulfide) groups is 1. The first-order chi connectivity index (χ1) is 13.3. The molecule has 0 heterocycles. The van der Waals surface area contributed by atoms with Crippen molar-refractivity contribution in [2.45, 2.75) is 37.2 Å². The minimum absolute atomic E-state index is 0.587. The second-order valence-corrected chi connectivity index (χ2v) is 8.70. The van der Waals surface area contributed by atoms with E-state index in [4.69, 9.17) is 21.1 Å². The topological polar surface area (TPSA) is 50.7 Å². The molecule has 0 bridgehead atoms. The first-order valence-corrected chi connectivity index (χ1v) is 10.7. The van der Waals surface area contributed by atoms with Crippen LogP contribution in [0, 0.1) is 0 Å². The van der Waals surface area contributed by atoms with E-state index in [1.54, 1.807) is 26.0 Å². The zero-order valence-corrected chi connectivity index (χ0v) is 18.6. The molecule has 2 aromatic rings. The van der Waals surface area contributed by atoms with Gasteiger partial charge in [-0.2, -0.15) is 0 Å². The fourth-order valence-electron chi connectivity index (χ4n) is 2.72. The molecule has 4 nitrogen and oxygen atoms in total. The third-order valence-corrected chi connectivity index (χ3v) is 6.11. The van der Waals surface area contributed by atoms with Gasteiger partial charge >= 0.3 is 0 Å². The van der Waals surface area contributed by atoms with Gasteiger partial charge in [-0.05, 0) is 69.1 Å². The quantitative estimate of drug-likeness (QED) is 0.408. The monoisotopic (exact) mass is 423 g/mol. The summed E-state index contributed by atoms with van der Waals surface area (Å²) < 4.78 is 10.6. The number of methoxy groups -OCH3 is 2. The summed E-state index contributed by atoms with van der Waals surface area (Å²) in [7, 11) is 3.20. The summed E-state index contributed by atoms with van der Waals surface area (Å²) in [5, 5.41) is 13.9. The highest BCUT2D eigenvalue weighted by atomic mass is 35.5. The Balaban J connectivity index is 1.75. The highest BCUT2D eigenvalue weighted by molar-refractivity contribution is 7.99. The standard InChI is InChI=1S/C22H30ClNO3S/c1-22(2,25)15-28-18-8-5-16(6-9-18)11-13-24-14-12-17-7-10-19(26-3)21(27-4)20(17)23/h5-10,24-25H,11-15H2,1-4H3. The molecule has 0 aliphatic carbocycles.